The first-order chi connectivity index (χ1) is 14.3. The van der Waals surface area contributed by atoms with Crippen LogP contribution < -0.4 is 0 Å². The molecule has 3 rings (SSSR count). The van der Waals surface area contributed by atoms with Gasteiger partial charge in [-0.3, -0.25) is 4.79 Å². The van der Waals surface area contributed by atoms with Crippen LogP contribution in [0.25, 0.3) is 0 Å². The predicted molar refractivity (Wildman–Crippen MR) is 114 cm³/mol. The lowest BCUT2D eigenvalue weighted by Crippen LogP contribution is -2.46. The van der Waals surface area contributed by atoms with Gasteiger partial charge in [0.1, 0.15) is 5.03 Å². The molecule has 2 unspecified atom stereocenters. The van der Waals surface area contributed by atoms with Crippen molar-refractivity contribution >= 4 is 33.5 Å². The molecule has 1 saturated heterocycles. The Kier molecular flexibility index (Phi) is 7.14. The Hall–Kier alpha value is -2.39. The molecule has 2 heterocycles. The van der Waals surface area contributed by atoms with Gasteiger partial charge in [-0.2, -0.15) is 0 Å². The maximum Gasteiger partial charge on any atom is 0.341 e. The molecule has 2 aromatic rings. The summed E-state index contributed by atoms with van der Waals surface area (Å²) < 4.78 is 29.0. The van der Waals surface area contributed by atoms with Crippen molar-refractivity contribution in [3.05, 3.63) is 54.2 Å². The number of ether oxygens (including phenoxy) is 1. The molecule has 2 atom stereocenters. The summed E-state index contributed by atoms with van der Waals surface area (Å²) in [7, 11) is -3.12. The maximum absolute atomic E-state index is 12.8. The average Bonchev–Trinajstić information content (AvgIpc) is 3.09. The van der Waals surface area contributed by atoms with Crippen molar-refractivity contribution in [2.45, 2.75) is 42.3 Å². The van der Waals surface area contributed by atoms with Crippen LogP contribution >= 0.6 is 11.8 Å². The Labute approximate surface area is 180 Å². The monoisotopic (exact) mass is 448 g/mol. The van der Waals surface area contributed by atoms with Crippen LogP contribution in [0.1, 0.15) is 30.6 Å². The highest BCUT2D eigenvalue weighted by atomic mass is 32.2. The van der Waals surface area contributed by atoms with Gasteiger partial charge in [0.25, 0.3) is 5.91 Å². The van der Waals surface area contributed by atoms with Gasteiger partial charge in [-0.15, -0.1) is 0 Å². The number of carbonyl (C=O) groups excluding carboxylic acids is 2. The molecule has 0 saturated carbocycles. The van der Waals surface area contributed by atoms with Crippen molar-refractivity contribution in [1.82, 2.24) is 9.88 Å². The van der Waals surface area contributed by atoms with Crippen LogP contribution in [0, 0.1) is 0 Å². The molecule has 0 radical (unpaired) electrons. The lowest BCUT2D eigenvalue weighted by molar-refractivity contribution is -0.141. The van der Waals surface area contributed by atoms with Gasteiger partial charge in [0, 0.05) is 23.7 Å². The number of amides is 1. The van der Waals surface area contributed by atoms with E-state index >= 15 is 0 Å². The van der Waals surface area contributed by atoms with E-state index in [4.69, 9.17) is 4.74 Å². The Balaban J connectivity index is 1.70. The Morgan fingerprint density at radius 3 is 2.60 bits per heavy atom. The molecule has 160 valence electrons. The number of benzene rings is 1. The highest BCUT2D eigenvalue weighted by Gasteiger charge is 2.36. The van der Waals surface area contributed by atoms with E-state index in [1.807, 2.05) is 30.3 Å². The second kappa shape index (κ2) is 9.61. The summed E-state index contributed by atoms with van der Waals surface area (Å²) in [6.45, 7) is 3.64. The lowest BCUT2D eigenvalue weighted by Gasteiger charge is -2.29. The van der Waals surface area contributed by atoms with Crippen LogP contribution in [0.3, 0.4) is 0 Å². The van der Waals surface area contributed by atoms with Crippen molar-refractivity contribution < 1.29 is 22.7 Å². The molecule has 0 bridgehead atoms. The minimum Gasteiger partial charge on any atom is -0.449 e. The van der Waals surface area contributed by atoms with Gasteiger partial charge in [-0.05, 0) is 44.5 Å². The summed E-state index contributed by atoms with van der Waals surface area (Å²) in [5.74, 6) is -1.01. The first-order valence-corrected chi connectivity index (χ1v) is 12.3. The second-order valence-corrected chi connectivity index (χ2v) is 10.3. The minimum absolute atomic E-state index is 0.0479. The summed E-state index contributed by atoms with van der Waals surface area (Å²) in [5.41, 5.74) is 0.275. The fourth-order valence-electron chi connectivity index (χ4n) is 3.35. The van der Waals surface area contributed by atoms with Crippen molar-refractivity contribution in [3.63, 3.8) is 0 Å². The Morgan fingerprint density at radius 2 is 1.97 bits per heavy atom. The van der Waals surface area contributed by atoms with E-state index in [1.165, 1.54) is 23.6 Å². The largest absolute Gasteiger partial charge is 0.449 e. The highest BCUT2D eigenvalue weighted by Crippen LogP contribution is 2.29. The molecule has 1 aliphatic rings. The lowest BCUT2D eigenvalue weighted by atomic mass is 10.2. The smallest absolute Gasteiger partial charge is 0.341 e. The first-order valence-electron chi connectivity index (χ1n) is 9.70. The van der Waals surface area contributed by atoms with Gasteiger partial charge >= 0.3 is 5.97 Å². The Bertz CT molecular complexity index is 1010. The third kappa shape index (κ3) is 5.40. The number of carbonyl (C=O) groups is 2. The summed E-state index contributed by atoms with van der Waals surface area (Å²) >= 11 is 1.34. The topological polar surface area (TPSA) is 93.6 Å². The molecule has 0 aliphatic carbocycles. The van der Waals surface area contributed by atoms with Crippen molar-refractivity contribution in [3.8, 4) is 0 Å². The zero-order chi connectivity index (χ0) is 21.7. The number of likely N-dealkylation sites (N-methyl/N-ethyl adjacent to an activating group) is 1. The number of nitrogens with zero attached hydrogens (tertiary/aromatic N) is 2. The van der Waals surface area contributed by atoms with Crippen molar-refractivity contribution in [2.75, 3.05) is 18.1 Å². The number of hydrogen-bond acceptors (Lipinski definition) is 7. The predicted octanol–water partition coefficient (Wildman–Crippen LogP) is 2.81. The minimum atomic E-state index is -3.12. The molecule has 7 nitrogen and oxygen atoms in total. The van der Waals surface area contributed by atoms with Crippen molar-refractivity contribution in [1.29, 1.82) is 0 Å². The second-order valence-electron chi connectivity index (χ2n) is 7.00. The van der Waals surface area contributed by atoms with Crippen LogP contribution in [-0.4, -0.2) is 60.4 Å². The molecular formula is C21H24N2O5S2. The summed E-state index contributed by atoms with van der Waals surface area (Å²) in [4.78, 5) is 32.3. The number of pyridine rings is 1. The molecule has 30 heavy (non-hydrogen) atoms. The quantitative estimate of drug-likeness (QED) is 0.601. The number of aromatic nitrogens is 1. The molecule has 9 heteroatoms. The summed E-state index contributed by atoms with van der Waals surface area (Å²) in [6, 6.07) is 12.4. The molecule has 1 amide bonds. The zero-order valence-electron chi connectivity index (χ0n) is 16.9. The third-order valence-electron chi connectivity index (χ3n) is 4.85. The first kappa shape index (κ1) is 22.3. The zero-order valence-corrected chi connectivity index (χ0v) is 18.5. The van der Waals surface area contributed by atoms with Crippen LogP contribution in [0.2, 0.25) is 0 Å². The SMILES string of the molecule is CCN(C(=O)C(C)OC(=O)c1cccnc1Sc1ccccc1)C1CCS(=O)(=O)C1. The van der Waals surface area contributed by atoms with Crippen molar-refractivity contribution in [2.24, 2.45) is 0 Å². The van der Waals surface area contributed by atoms with E-state index in [0.29, 0.717) is 18.0 Å². The van der Waals surface area contributed by atoms with E-state index < -0.39 is 27.8 Å². The molecule has 0 N–H and O–H groups in total. The molecular weight excluding hydrogens is 424 g/mol. The molecule has 0 spiro atoms. The number of esters is 1. The molecule has 1 aromatic heterocycles. The van der Waals surface area contributed by atoms with E-state index in [2.05, 4.69) is 4.98 Å². The number of rotatable bonds is 7. The van der Waals surface area contributed by atoms with Crippen LogP contribution in [0.15, 0.2) is 58.6 Å². The molecule has 1 aromatic carbocycles. The van der Waals surface area contributed by atoms with Gasteiger partial charge in [0.15, 0.2) is 15.9 Å². The normalized spacial score (nSPS) is 18.5. The standard InChI is InChI=1S/C21H24N2O5S2/c1-3-23(16-11-13-30(26,27)14-16)20(24)15(2)28-21(25)18-10-7-12-22-19(18)29-17-8-5-4-6-9-17/h4-10,12,15-16H,3,11,13-14H2,1-2H3. The average molecular weight is 449 g/mol. The fourth-order valence-corrected chi connectivity index (χ4v) is 5.97. The van der Waals surface area contributed by atoms with Gasteiger partial charge in [0.05, 0.1) is 17.1 Å². The summed E-state index contributed by atoms with van der Waals surface area (Å²) in [5, 5.41) is 0.489. The molecule has 1 fully saturated rings. The third-order valence-corrected chi connectivity index (χ3v) is 7.63. The highest BCUT2D eigenvalue weighted by molar-refractivity contribution is 7.99. The van der Waals surface area contributed by atoms with Crippen LogP contribution in [-0.2, 0) is 19.4 Å². The van der Waals surface area contributed by atoms with Gasteiger partial charge in [-0.1, -0.05) is 30.0 Å². The molecule has 1 aliphatic heterocycles. The van der Waals surface area contributed by atoms with E-state index in [-0.39, 0.29) is 23.1 Å². The van der Waals surface area contributed by atoms with Gasteiger partial charge in [-0.25, -0.2) is 18.2 Å². The van der Waals surface area contributed by atoms with E-state index in [1.54, 1.807) is 25.3 Å². The van der Waals surface area contributed by atoms with Crippen LogP contribution in [0.5, 0.6) is 0 Å². The number of sulfone groups is 1. The summed E-state index contributed by atoms with van der Waals surface area (Å²) in [6.07, 6.45) is 0.967. The number of hydrogen-bond donors (Lipinski definition) is 0. The van der Waals surface area contributed by atoms with E-state index in [9.17, 15) is 18.0 Å². The van der Waals surface area contributed by atoms with E-state index in [0.717, 1.165) is 4.90 Å². The maximum atomic E-state index is 12.8. The fraction of sp³-hybridized carbons (Fsp3) is 0.381. The Morgan fingerprint density at radius 1 is 1.23 bits per heavy atom. The van der Waals surface area contributed by atoms with Gasteiger partial charge in [0.2, 0.25) is 0 Å². The van der Waals surface area contributed by atoms with Gasteiger partial charge < -0.3 is 9.64 Å². The van der Waals surface area contributed by atoms with Crippen LogP contribution in [0.4, 0.5) is 0 Å².